The smallest absolute Gasteiger partial charge is 0.330 e. The normalized spacial score (nSPS) is 12.1. The van der Waals surface area contributed by atoms with Crippen molar-refractivity contribution in [3.05, 3.63) is 64.8 Å². The van der Waals surface area contributed by atoms with Gasteiger partial charge < -0.3 is 14.2 Å². The Labute approximate surface area is 188 Å². The van der Waals surface area contributed by atoms with Crippen LogP contribution < -0.4 is 9.47 Å². The minimum Gasteiger partial charge on any atom is -0.493 e. The number of hydrogen-bond donors (Lipinski definition) is 0. The van der Waals surface area contributed by atoms with Crippen molar-refractivity contribution in [1.29, 1.82) is 0 Å². The maximum absolute atomic E-state index is 11.4. The van der Waals surface area contributed by atoms with Crippen LogP contribution >= 0.6 is 0 Å². The number of benzene rings is 1. The largest absolute Gasteiger partial charge is 0.493 e. The van der Waals surface area contributed by atoms with Crippen LogP contribution in [-0.4, -0.2) is 26.3 Å². The molecule has 0 amide bonds. The molecule has 0 unspecified atom stereocenters. The van der Waals surface area contributed by atoms with Crippen LogP contribution in [0.15, 0.2) is 59.2 Å². The van der Waals surface area contributed by atoms with Crippen molar-refractivity contribution in [2.24, 2.45) is 0 Å². The zero-order chi connectivity index (χ0) is 23.1. The molecule has 4 heteroatoms. The van der Waals surface area contributed by atoms with Gasteiger partial charge in [-0.15, -0.1) is 0 Å². The van der Waals surface area contributed by atoms with Crippen LogP contribution in [0, 0.1) is 0 Å². The molecule has 0 bridgehead atoms. The highest BCUT2D eigenvalue weighted by atomic mass is 16.5. The Hall–Kier alpha value is -2.75. The van der Waals surface area contributed by atoms with Crippen LogP contribution in [0.5, 0.6) is 11.5 Å². The monoisotopic (exact) mass is 426 g/mol. The van der Waals surface area contributed by atoms with Crippen LogP contribution in [0.4, 0.5) is 0 Å². The Kier molecular flexibility index (Phi) is 12.8. The lowest BCUT2D eigenvalue weighted by Gasteiger charge is -2.10. The fourth-order valence-electron chi connectivity index (χ4n) is 2.87. The summed E-state index contributed by atoms with van der Waals surface area (Å²) in [5.74, 6) is 0.946. The first-order chi connectivity index (χ1) is 14.8. The molecule has 0 radical (unpaired) electrons. The third-order valence-corrected chi connectivity index (χ3v) is 4.68. The van der Waals surface area contributed by atoms with Gasteiger partial charge in [0.15, 0.2) is 11.5 Å². The molecule has 31 heavy (non-hydrogen) atoms. The van der Waals surface area contributed by atoms with E-state index in [1.54, 1.807) is 20.1 Å². The first-order valence-corrected chi connectivity index (χ1v) is 11.0. The molecule has 0 aliphatic rings. The minimum absolute atomic E-state index is 0.360. The van der Waals surface area contributed by atoms with E-state index in [1.165, 1.54) is 22.8 Å². The molecule has 0 atom stereocenters. The summed E-state index contributed by atoms with van der Waals surface area (Å²) in [5, 5.41) is 0. The van der Waals surface area contributed by atoms with Gasteiger partial charge in [-0.25, -0.2) is 4.79 Å². The van der Waals surface area contributed by atoms with E-state index < -0.39 is 0 Å². The van der Waals surface area contributed by atoms with Crippen molar-refractivity contribution in [1.82, 2.24) is 0 Å². The highest BCUT2D eigenvalue weighted by Gasteiger charge is 2.05. The number of rotatable bonds is 13. The number of allylic oxidation sites excluding steroid dienone is 5. The van der Waals surface area contributed by atoms with E-state index in [4.69, 9.17) is 14.2 Å². The van der Waals surface area contributed by atoms with Crippen molar-refractivity contribution in [2.75, 3.05) is 20.3 Å². The van der Waals surface area contributed by atoms with Gasteiger partial charge in [0.25, 0.3) is 0 Å². The summed E-state index contributed by atoms with van der Waals surface area (Å²) in [6.45, 7) is 11.3. The molecule has 0 aromatic heterocycles. The molecule has 4 nitrogen and oxygen atoms in total. The second kappa shape index (κ2) is 15.1. The molecule has 170 valence electrons. The predicted molar refractivity (Wildman–Crippen MR) is 130 cm³/mol. The van der Waals surface area contributed by atoms with Crippen molar-refractivity contribution in [3.63, 3.8) is 0 Å². The zero-order valence-corrected chi connectivity index (χ0v) is 20.0. The molecule has 1 aromatic rings. The van der Waals surface area contributed by atoms with Crippen LogP contribution in [0.25, 0.3) is 6.08 Å². The van der Waals surface area contributed by atoms with Gasteiger partial charge in [-0.3, -0.25) is 0 Å². The van der Waals surface area contributed by atoms with E-state index in [1.807, 2.05) is 18.2 Å². The quantitative estimate of drug-likeness (QED) is 0.192. The van der Waals surface area contributed by atoms with Gasteiger partial charge in [0.1, 0.15) is 6.61 Å². The average molecular weight is 427 g/mol. The van der Waals surface area contributed by atoms with E-state index in [-0.39, 0.29) is 5.97 Å². The highest BCUT2D eigenvalue weighted by Crippen LogP contribution is 2.28. The van der Waals surface area contributed by atoms with Gasteiger partial charge in [0.2, 0.25) is 0 Å². The van der Waals surface area contributed by atoms with E-state index in [0.717, 1.165) is 31.2 Å². The summed E-state index contributed by atoms with van der Waals surface area (Å²) in [4.78, 5) is 11.4. The van der Waals surface area contributed by atoms with Gasteiger partial charge in [-0.1, -0.05) is 34.9 Å². The Morgan fingerprint density at radius 1 is 0.935 bits per heavy atom. The second-order valence-corrected chi connectivity index (χ2v) is 7.77. The Balaban J connectivity index is 2.53. The van der Waals surface area contributed by atoms with Gasteiger partial charge in [-0.05, 0) is 90.2 Å². The summed E-state index contributed by atoms with van der Waals surface area (Å²) in [7, 11) is 1.61. The second-order valence-electron chi connectivity index (χ2n) is 7.77. The molecule has 0 aliphatic heterocycles. The number of esters is 1. The van der Waals surface area contributed by atoms with Gasteiger partial charge in [0.05, 0.1) is 13.7 Å². The van der Waals surface area contributed by atoms with E-state index in [2.05, 4.69) is 45.9 Å². The third kappa shape index (κ3) is 11.9. The third-order valence-electron chi connectivity index (χ3n) is 4.68. The van der Waals surface area contributed by atoms with E-state index in [0.29, 0.717) is 24.7 Å². The summed E-state index contributed by atoms with van der Waals surface area (Å²) < 4.78 is 16.2. The standard InChI is InChI=1S/C27H38O4/c1-7-30-27(28)17-15-24-14-16-25(26(20-24)29-6)31-19-18-23(5)13-9-12-22(4)11-8-10-21(2)3/h10,12,14-18,20H,7-9,11,13,19H2,1-6H3. The molecule has 0 fully saturated rings. The fourth-order valence-corrected chi connectivity index (χ4v) is 2.87. The molecule has 1 aromatic carbocycles. The Bertz CT molecular complexity index is 809. The lowest BCUT2D eigenvalue weighted by molar-refractivity contribution is -0.137. The van der Waals surface area contributed by atoms with Crippen LogP contribution in [0.1, 0.15) is 65.9 Å². The minimum atomic E-state index is -0.361. The number of methoxy groups -OCH3 is 1. The highest BCUT2D eigenvalue weighted by molar-refractivity contribution is 5.87. The van der Waals surface area contributed by atoms with E-state index >= 15 is 0 Å². The molecule has 0 saturated heterocycles. The van der Waals surface area contributed by atoms with Crippen molar-refractivity contribution >= 4 is 12.0 Å². The number of hydrogen-bond acceptors (Lipinski definition) is 4. The van der Waals surface area contributed by atoms with Crippen LogP contribution in [0.3, 0.4) is 0 Å². The van der Waals surface area contributed by atoms with Gasteiger partial charge in [0, 0.05) is 6.08 Å². The van der Waals surface area contributed by atoms with Crippen molar-refractivity contribution in [3.8, 4) is 11.5 Å². The molecule has 0 spiro atoms. The van der Waals surface area contributed by atoms with Crippen molar-refractivity contribution < 1.29 is 19.0 Å². The first-order valence-electron chi connectivity index (χ1n) is 11.0. The summed E-state index contributed by atoms with van der Waals surface area (Å²) in [6, 6.07) is 5.57. The maximum Gasteiger partial charge on any atom is 0.330 e. The molecule has 0 saturated carbocycles. The molecular formula is C27H38O4. The SMILES string of the molecule is CCOC(=O)C=Cc1ccc(OCC=C(C)CCC=C(C)CCC=C(C)C)c(OC)c1. The summed E-state index contributed by atoms with van der Waals surface area (Å²) >= 11 is 0. The lowest BCUT2D eigenvalue weighted by atomic mass is 10.1. The fraction of sp³-hybridized carbons (Fsp3) is 0.444. The van der Waals surface area contributed by atoms with E-state index in [9.17, 15) is 4.79 Å². The Morgan fingerprint density at radius 3 is 2.26 bits per heavy atom. The molecule has 0 N–H and O–H groups in total. The number of ether oxygens (including phenoxy) is 3. The first kappa shape index (κ1) is 26.3. The van der Waals surface area contributed by atoms with Gasteiger partial charge in [-0.2, -0.15) is 0 Å². The molecule has 1 rings (SSSR count). The number of carbonyl (C=O) groups excluding carboxylic acids is 1. The predicted octanol–water partition coefficient (Wildman–Crippen LogP) is 7.07. The molecule has 0 heterocycles. The molecular weight excluding hydrogens is 388 g/mol. The Morgan fingerprint density at radius 2 is 1.61 bits per heavy atom. The topological polar surface area (TPSA) is 44.8 Å². The average Bonchev–Trinajstić information content (AvgIpc) is 2.72. The van der Waals surface area contributed by atoms with Crippen molar-refractivity contribution in [2.45, 2.75) is 60.3 Å². The maximum atomic E-state index is 11.4. The zero-order valence-electron chi connectivity index (χ0n) is 20.0. The van der Waals surface area contributed by atoms with Crippen LogP contribution in [-0.2, 0) is 9.53 Å². The van der Waals surface area contributed by atoms with Crippen LogP contribution in [0.2, 0.25) is 0 Å². The summed E-state index contributed by atoms with van der Waals surface area (Å²) in [6.07, 6.45) is 14.2. The molecule has 0 aliphatic carbocycles. The lowest BCUT2D eigenvalue weighted by Crippen LogP contribution is -1.99. The number of carbonyl (C=O) groups is 1. The van der Waals surface area contributed by atoms with Gasteiger partial charge >= 0.3 is 5.97 Å². The summed E-state index contributed by atoms with van der Waals surface area (Å²) in [5.41, 5.74) is 4.98.